The van der Waals surface area contributed by atoms with Gasteiger partial charge < -0.3 is 10.2 Å². The second-order valence-corrected chi connectivity index (χ2v) is 6.07. The Labute approximate surface area is 135 Å². The first-order chi connectivity index (χ1) is 11.3. The van der Waals surface area contributed by atoms with Gasteiger partial charge in [-0.15, -0.1) is 0 Å². The van der Waals surface area contributed by atoms with Crippen LogP contribution in [0.1, 0.15) is 29.9 Å². The Bertz CT molecular complexity index is 728. The highest BCUT2D eigenvalue weighted by molar-refractivity contribution is 6.04. The lowest BCUT2D eigenvalue weighted by Gasteiger charge is -2.09. The lowest BCUT2D eigenvalue weighted by atomic mass is 10.0. The number of oxime groups is 1. The van der Waals surface area contributed by atoms with E-state index in [4.69, 9.17) is 4.84 Å². The number of rotatable bonds is 4. The lowest BCUT2D eigenvalue weighted by molar-refractivity contribution is -0.131. The SMILES string of the molecule is O=C(NC1CC1c1ccccc1)C1CC(c2ccccc2)=NO1. The van der Waals surface area contributed by atoms with Gasteiger partial charge >= 0.3 is 0 Å². The minimum absolute atomic E-state index is 0.0666. The molecule has 1 amide bonds. The largest absolute Gasteiger partial charge is 0.382 e. The zero-order valence-electron chi connectivity index (χ0n) is 12.7. The number of carbonyl (C=O) groups excluding carboxylic acids is 1. The van der Waals surface area contributed by atoms with Crippen molar-refractivity contribution in [3.05, 3.63) is 71.8 Å². The van der Waals surface area contributed by atoms with Gasteiger partial charge in [-0.25, -0.2) is 0 Å². The van der Waals surface area contributed by atoms with Crippen molar-refractivity contribution >= 4 is 11.6 Å². The highest BCUT2D eigenvalue weighted by atomic mass is 16.6. The van der Waals surface area contributed by atoms with E-state index in [9.17, 15) is 4.79 Å². The van der Waals surface area contributed by atoms with E-state index < -0.39 is 6.10 Å². The molecule has 1 aliphatic carbocycles. The van der Waals surface area contributed by atoms with Crippen LogP contribution in [0.4, 0.5) is 0 Å². The molecule has 23 heavy (non-hydrogen) atoms. The van der Waals surface area contributed by atoms with Crippen LogP contribution < -0.4 is 5.32 Å². The average Bonchev–Trinajstić information content (AvgIpc) is 3.19. The van der Waals surface area contributed by atoms with Gasteiger partial charge in [0, 0.05) is 18.4 Å². The average molecular weight is 306 g/mol. The number of benzene rings is 2. The fourth-order valence-corrected chi connectivity index (χ4v) is 3.02. The predicted molar refractivity (Wildman–Crippen MR) is 88.2 cm³/mol. The minimum atomic E-state index is -0.512. The third-order valence-electron chi connectivity index (χ3n) is 4.41. The van der Waals surface area contributed by atoms with Crippen LogP contribution in [0.2, 0.25) is 0 Å². The van der Waals surface area contributed by atoms with Crippen molar-refractivity contribution in [1.82, 2.24) is 5.32 Å². The summed E-state index contributed by atoms with van der Waals surface area (Å²) in [5, 5.41) is 7.15. The van der Waals surface area contributed by atoms with E-state index >= 15 is 0 Å². The Kier molecular flexibility index (Phi) is 3.58. The van der Waals surface area contributed by atoms with E-state index in [0.29, 0.717) is 12.3 Å². The van der Waals surface area contributed by atoms with Crippen molar-refractivity contribution < 1.29 is 9.63 Å². The molecule has 0 aromatic heterocycles. The molecule has 3 atom stereocenters. The molecule has 0 spiro atoms. The molecule has 2 aromatic rings. The molecule has 1 aliphatic heterocycles. The Morgan fingerprint density at radius 3 is 2.48 bits per heavy atom. The van der Waals surface area contributed by atoms with Gasteiger partial charge in [0.15, 0.2) is 0 Å². The van der Waals surface area contributed by atoms with Crippen LogP contribution in [0.25, 0.3) is 0 Å². The molecule has 1 N–H and O–H groups in total. The molecule has 4 heteroatoms. The Balaban J connectivity index is 1.32. The van der Waals surface area contributed by atoms with Gasteiger partial charge in [-0.05, 0) is 17.5 Å². The molecule has 116 valence electrons. The smallest absolute Gasteiger partial charge is 0.264 e. The summed E-state index contributed by atoms with van der Waals surface area (Å²) in [6.45, 7) is 0. The molecule has 2 aromatic carbocycles. The van der Waals surface area contributed by atoms with Crippen LogP contribution >= 0.6 is 0 Å². The molecule has 1 heterocycles. The number of nitrogens with zero attached hydrogens (tertiary/aromatic N) is 1. The molecule has 0 saturated heterocycles. The second-order valence-electron chi connectivity index (χ2n) is 6.07. The van der Waals surface area contributed by atoms with Gasteiger partial charge in [-0.3, -0.25) is 4.79 Å². The van der Waals surface area contributed by atoms with Gasteiger partial charge in [0.2, 0.25) is 6.10 Å². The first-order valence-corrected chi connectivity index (χ1v) is 7.95. The summed E-state index contributed by atoms with van der Waals surface area (Å²) in [4.78, 5) is 17.7. The number of carbonyl (C=O) groups is 1. The fraction of sp³-hybridized carbons (Fsp3) is 0.263. The Morgan fingerprint density at radius 2 is 1.74 bits per heavy atom. The summed E-state index contributed by atoms with van der Waals surface area (Å²) in [5.41, 5.74) is 3.13. The highest BCUT2D eigenvalue weighted by Crippen LogP contribution is 2.40. The van der Waals surface area contributed by atoms with Crippen LogP contribution in [0.3, 0.4) is 0 Å². The molecule has 4 rings (SSSR count). The molecule has 4 nitrogen and oxygen atoms in total. The lowest BCUT2D eigenvalue weighted by Crippen LogP contribution is -2.36. The Hall–Kier alpha value is -2.62. The van der Waals surface area contributed by atoms with Crippen molar-refractivity contribution in [1.29, 1.82) is 0 Å². The first kappa shape index (κ1) is 14.0. The van der Waals surface area contributed by atoms with E-state index in [1.165, 1.54) is 5.56 Å². The second kappa shape index (κ2) is 5.88. The van der Waals surface area contributed by atoms with Crippen molar-refractivity contribution in [3.8, 4) is 0 Å². The van der Waals surface area contributed by atoms with Crippen LogP contribution in [-0.2, 0) is 9.63 Å². The molecule has 1 fully saturated rings. The van der Waals surface area contributed by atoms with E-state index in [-0.39, 0.29) is 11.9 Å². The number of amides is 1. The third-order valence-corrected chi connectivity index (χ3v) is 4.41. The number of hydrogen-bond acceptors (Lipinski definition) is 3. The third kappa shape index (κ3) is 2.97. The quantitative estimate of drug-likeness (QED) is 0.944. The maximum absolute atomic E-state index is 12.3. The maximum Gasteiger partial charge on any atom is 0.264 e. The summed E-state index contributed by atoms with van der Waals surface area (Å²) in [5.74, 6) is 0.360. The summed E-state index contributed by atoms with van der Waals surface area (Å²) in [6.07, 6.45) is 1.01. The van der Waals surface area contributed by atoms with Gasteiger partial charge in [0.25, 0.3) is 5.91 Å². The van der Waals surface area contributed by atoms with E-state index in [2.05, 4.69) is 22.6 Å². The van der Waals surface area contributed by atoms with Crippen molar-refractivity contribution in [2.75, 3.05) is 0 Å². The van der Waals surface area contributed by atoms with Crippen LogP contribution in [0, 0.1) is 0 Å². The molecular formula is C19H18N2O2. The van der Waals surface area contributed by atoms with E-state index in [0.717, 1.165) is 17.7 Å². The summed E-state index contributed by atoms with van der Waals surface area (Å²) < 4.78 is 0. The Morgan fingerprint density at radius 1 is 1.04 bits per heavy atom. The number of hydrogen-bond donors (Lipinski definition) is 1. The predicted octanol–water partition coefficient (Wildman–Crippen LogP) is 2.85. The van der Waals surface area contributed by atoms with Crippen molar-refractivity contribution in [3.63, 3.8) is 0 Å². The van der Waals surface area contributed by atoms with Crippen LogP contribution in [-0.4, -0.2) is 23.8 Å². The summed E-state index contributed by atoms with van der Waals surface area (Å²) in [7, 11) is 0. The summed E-state index contributed by atoms with van der Waals surface area (Å²) >= 11 is 0. The molecule has 1 saturated carbocycles. The van der Waals surface area contributed by atoms with Crippen molar-refractivity contribution in [2.24, 2.45) is 5.16 Å². The minimum Gasteiger partial charge on any atom is -0.382 e. The zero-order valence-corrected chi connectivity index (χ0v) is 12.7. The molecule has 2 aliphatic rings. The highest BCUT2D eigenvalue weighted by Gasteiger charge is 2.41. The molecular weight excluding hydrogens is 288 g/mol. The topological polar surface area (TPSA) is 50.7 Å². The molecule has 0 radical (unpaired) electrons. The number of nitrogens with one attached hydrogen (secondary N) is 1. The molecule has 0 bridgehead atoms. The van der Waals surface area contributed by atoms with Gasteiger partial charge in [-0.1, -0.05) is 65.8 Å². The van der Waals surface area contributed by atoms with Crippen LogP contribution in [0.5, 0.6) is 0 Å². The maximum atomic E-state index is 12.3. The van der Waals surface area contributed by atoms with Crippen LogP contribution in [0.15, 0.2) is 65.8 Å². The van der Waals surface area contributed by atoms with E-state index in [1.807, 2.05) is 48.5 Å². The fourth-order valence-electron chi connectivity index (χ4n) is 3.02. The molecule has 3 unspecified atom stereocenters. The van der Waals surface area contributed by atoms with Gasteiger partial charge in [0.05, 0.1) is 5.71 Å². The van der Waals surface area contributed by atoms with E-state index in [1.54, 1.807) is 0 Å². The monoisotopic (exact) mass is 306 g/mol. The van der Waals surface area contributed by atoms with Crippen molar-refractivity contribution in [2.45, 2.75) is 30.9 Å². The standard InChI is InChI=1S/C19H18N2O2/c22-19(20-17-11-15(17)13-7-3-1-4-8-13)18-12-16(21-23-18)14-9-5-2-6-10-14/h1-10,15,17-18H,11-12H2,(H,20,22). The first-order valence-electron chi connectivity index (χ1n) is 7.95. The van der Waals surface area contributed by atoms with Gasteiger partial charge in [0.1, 0.15) is 0 Å². The zero-order chi connectivity index (χ0) is 15.6. The normalized spacial score (nSPS) is 25.4. The summed E-state index contributed by atoms with van der Waals surface area (Å²) in [6, 6.07) is 20.4. The van der Waals surface area contributed by atoms with Gasteiger partial charge in [-0.2, -0.15) is 0 Å².